The molecule has 0 amide bonds. The number of nitrogens with zero attached hydrogens (tertiary/aromatic N) is 3. The van der Waals surface area contributed by atoms with E-state index in [4.69, 9.17) is 4.74 Å². The lowest BCUT2D eigenvalue weighted by molar-refractivity contribution is 0.0135. The maximum Gasteiger partial charge on any atom is 0.181 e. The lowest BCUT2D eigenvalue weighted by Gasteiger charge is -2.32. The van der Waals surface area contributed by atoms with Gasteiger partial charge in [-0.15, -0.1) is 0 Å². The van der Waals surface area contributed by atoms with Gasteiger partial charge in [-0.05, 0) is 6.42 Å². The second-order valence-electron chi connectivity index (χ2n) is 4.98. The van der Waals surface area contributed by atoms with E-state index in [-0.39, 0.29) is 0 Å². The normalized spacial score (nSPS) is 18.1. The molecule has 1 aromatic heterocycles. The number of aromatic amines is 1. The third kappa shape index (κ3) is 2.73. The number of nitrogens with one attached hydrogen (secondary N) is 1. The van der Waals surface area contributed by atoms with Gasteiger partial charge in [-0.3, -0.25) is 10.00 Å². The highest BCUT2D eigenvalue weighted by Gasteiger charge is 2.24. The average Bonchev–Trinajstić information content (AvgIpc) is 3.00. The Hall–Kier alpha value is -1.72. The Kier molecular flexibility index (Phi) is 4.08. The molecule has 0 radical (unpaired) electrons. The summed E-state index contributed by atoms with van der Waals surface area (Å²) in [6, 6.07) is 10.4. The van der Waals surface area contributed by atoms with Crippen molar-refractivity contribution < 1.29 is 4.74 Å². The molecule has 1 aliphatic rings. The van der Waals surface area contributed by atoms with Crippen molar-refractivity contribution in [3.05, 3.63) is 36.2 Å². The minimum atomic E-state index is 0.295. The largest absolute Gasteiger partial charge is 0.379 e. The van der Waals surface area contributed by atoms with Crippen molar-refractivity contribution in [2.45, 2.75) is 19.4 Å². The predicted molar refractivity (Wildman–Crippen MR) is 77.2 cm³/mol. The Bertz CT molecular complexity index is 534. The van der Waals surface area contributed by atoms with Crippen LogP contribution in [-0.4, -0.2) is 46.4 Å². The molecule has 1 saturated heterocycles. The molecule has 2 aromatic rings. The summed E-state index contributed by atoms with van der Waals surface area (Å²) in [5.74, 6) is 1.72. The molecular formula is C15H20N4O. The van der Waals surface area contributed by atoms with Gasteiger partial charge in [0.1, 0.15) is 5.82 Å². The molecule has 2 heterocycles. The first-order valence-corrected chi connectivity index (χ1v) is 7.18. The Balaban J connectivity index is 1.80. The number of ether oxygens (including phenoxy) is 1. The molecule has 1 aliphatic heterocycles. The summed E-state index contributed by atoms with van der Waals surface area (Å²) < 4.78 is 5.42. The van der Waals surface area contributed by atoms with Crippen LogP contribution in [0.15, 0.2) is 30.3 Å². The van der Waals surface area contributed by atoms with Crippen molar-refractivity contribution in [2.75, 3.05) is 26.3 Å². The highest BCUT2D eigenvalue weighted by molar-refractivity contribution is 5.53. The van der Waals surface area contributed by atoms with Crippen LogP contribution in [-0.2, 0) is 4.74 Å². The van der Waals surface area contributed by atoms with Crippen molar-refractivity contribution in [3.63, 3.8) is 0 Å². The van der Waals surface area contributed by atoms with Gasteiger partial charge in [-0.2, -0.15) is 5.10 Å². The molecule has 5 heteroatoms. The monoisotopic (exact) mass is 272 g/mol. The summed E-state index contributed by atoms with van der Waals surface area (Å²) >= 11 is 0. The predicted octanol–water partition coefficient (Wildman–Crippen LogP) is 2.25. The van der Waals surface area contributed by atoms with Gasteiger partial charge in [0.2, 0.25) is 0 Å². The van der Waals surface area contributed by atoms with Gasteiger partial charge in [0.05, 0.1) is 19.3 Å². The smallest absolute Gasteiger partial charge is 0.181 e. The molecule has 0 spiro atoms. The topological polar surface area (TPSA) is 54.0 Å². The quantitative estimate of drug-likeness (QED) is 0.927. The SMILES string of the molecule is CCC(c1nc(-c2ccccc2)n[nH]1)N1CCOCC1. The summed E-state index contributed by atoms with van der Waals surface area (Å²) in [7, 11) is 0. The van der Waals surface area contributed by atoms with Crippen LogP contribution in [0.1, 0.15) is 25.2 Å². The van der Waals surface area contributed by atoms with Crippen LogP contribution in [0.3, 0.4) is 0 Å². The van der Waals surface area contributed by atoms with Crippen molar-refractivity contribution in [3.8, 4) is 11.4 Å². The maximum atomic E-state index is 5.42. The Morgan fingerprint density at radius 3 is 2.70 bits per heavy atom. The molecule has 106 valence electrons. The molecule has 0 saturated carbocycles. The van der Waals surface area contributed by atoms with Crippen LogP contribution in [0.25, 0.3) is 11.4 Å². The van der Waals surface area contributed by atoms with Crippen LogP contribution in [0, 0.1) is 0 Å². The highest BCUT2D eigenvalue weighted by Crippen LogP contribution is 2.24. The zero-order valence-corrected chi connectivity index (χ0v) is 11.7. The van der Waals surface area contributed by atoms with Crippen LogP contribution >= 0.6 is 0 Å². The summed E-state index contributed by atoms with van der Waals surface area (Å²) in [5, 5.41) is 7.47. The molecule has 3 rings (SSSR count). The van der Waals surface area contributed by atoms with Gasteiger partial charge < -0.3 is 4.74 Å². The molecular weight excluding hydrogens is 252 g/mol. The van der Waals surface area contributed by atoms with E-state index in [1.165, 1.54) is 0 Å². The van der Waals surface area contributed by atoms with Gasteiger partial charge in [0.15, 0.2) is 5.82 Å². The molecule has 1 atom stereocenters. The van der Waals surface area contributed by atoms with Gasteiger partial charge >= 0.3 is 0 Å². The van der Waals surface area contributed by atoms with E-state index >= 15 is 0 Å². The van der Waals surface area contributed by atoms with Crippen LogP contribution in [0.4, 0.5) is 0 Å². The van der Waals surface area contributed by atoms with Crippen molar-refractivity contribution in [1.82, 2.24) is 20.1 Å². The van der Waals surface area contributed by atoms with E-state index in [9.17, 15) is 0 Å². The van der Waals surface area contributed by atoms with E-state index in [0.29, 0.717) is 6.04 Å². The molecule has 1 unspecified atom stereocenters. The number of hydrogen-bond donors (Lipinski definition) is 1. The third-order valence-corrected chi connectivity index (χ3v) is 3.72. The fourth-order valence-corrected chi connectivity index (χ4v) is 2.65. The number of aromatic nitrogens is 3. The number of benzene rings is 1. The standard InChI is InChI=1S/C15H20N4O/c1-2-13(19-8-10-20-11-9-19)15-16-14(17-18-15)12-6-4-3-5-7-12/h3-7,13H,2,8-11H2,1H3,(H,16,17,18). The Morgan fingerprint density at radius 2 is 2.00 bits per heavy atom. The molecule has 0 aliphatic carbocycles. The van der Waals surface area contributed by atoms with E-state index in [0.717, 1.165) is 49.9 Å². The minimum Gasteiger partial charge on any atom is -0.379 e. The first-order chi connectivity index (χ1) is 9.88. The van der Waals surface area contributed by atoms with Crippen molar-refractivity contribution in [2.24, 2.45) is 0 Å². The van der Waals surface area contributed by atoms with Crippen LogP contribution in [0.5, 0.6) is 0 Å². The number of morpholine rings is 1. The van der Waals surface area contributed by atoms with Gasteiger partial charge in [-0.1, -0.05) is 37.3 Å². The number of H-pyrrole nitrogens is 1. The third-order valence-electron chi connectivity index (χ3n) is 3.72. The van der Waals surface area contributed by atoms with Crippen LogP contribution in [0.2, 0.25) is 0 Å². The fourth-order valence-electron chi connectivity index (χ4n) is 2.65. The van der Waals surface area contributed by atoms with Gasteiger partial charge in [0, 0.05) is 18.7 Å². The summed E-state index contributed by atoms with van der Waals surface area (Å²) in [6.45, 7) is 5.71. The lowest BCUT2D eigenvalue weighted by Crippen LogP contribution is -2.39. The fraction of sp³-hybridized carbons (Fsp3) is 0.467. The number of hydrogen-bond acceptors (Lipinski definition) is 4. The maximum absolute atomic E-state index is 5.42. The molecule has 1 N–H and O–H groups in total. The summed E-state index contributed by atoms with van der Waals surface area (Å²) in [5.41, 5.74) is 1.05. The van der Waals surface area contributed by atoms with Gasteiger partial charge in [-0.25, -0.2) is 4.98 Å². The second-order valence-corrected chi connectivity index (χ2v) is 4.98. The van der Waals surface area contributed by atoms with E-state index < -0.39 is 0 Å². The molecule has 1 aromatic carbocycles. The summed E-state index contributed by atoms with van der Waals surface area (Å²) in [6.07, 6.45) is 1.02. The molecule has 20 heavy (non-hydrogen) atoms. The van der Waals surface area contributed by atoms with Crippen molar-refractivity contribution in [1.29, 1.82) is 0 Å². The minimum absolute atomic E-state index is 0.295. The molecule has 1 fully saturated rings. The summed E-state index contributed by atoms with van der Waals surface area (Å²) in [4.78, 5) is 7.09. The lowest BCUT2D eigenvalue weighted by atomic mass is 10.1. The molecule has 5 nitrogen and oxygen atoms in total. The highest BCUT2D eigenvalue weighted by atomic mass is 16.5. The van der Waals surface area contributed by atoms with Crippen molar-refractivity contribution >= 4 is 0 Å². The molecule has 0 bridgehead atoms. The van der Waals surface area contributed by atoms with Gasteiger partial charge in [0.25, 0.3) is 0 Å². The first kappa shape index (κ1) is 13.3. The average molecular weight is 272 g/mol. The van der Waals surface area contributed by atoms with Crippen LogP contribution < -0.4 is 0 Å². The van der Waals surface area contributed by atoms with E-state index in [2.05, 4.69) is 27.0 Å². The Labute approximate surface area is 119 Å². The zero-order valence-electron chi connectivity index (χ0n) is 11.7. The van der Waals surface area contributed by atoms with E-state index in [1.807, 2.05) is 30.3 Å². The van der Waals surface area contributed by atoms with E-state index in [1.54, 1.807) is 0 Å². The number of rotatable bonds is 4. The Morgan fingerprint density at radius 1 is 1.25 bits per heavy atom. The zero-order chi connectivity index (χ0) is 13.8. The second kappa shape index (κ2) is 6.15. The first-order valence-electron chi connectivity index (χ1n) is 7.18.